The number of hydrogen-bond acceptors (Lipinski definition) is 3. The highest BCUT2D eigenvalue weighted by atomic mass is 35.5. The van der Waals surface area contributed by atoms with E-state index in [1.165, 1.54) is 4.68 Å². The average molecular weight is 306 g/mol. The van der Waals surface area contributed by atoms with Crippen molar-refractivity contribution in [2.75, 3.05) is 0 Å². The minimum atomic E-state index is -0.399. The predicted octanol–water partition coefficient (Wildman–Crippen LogP) is 2.26. The Hall–Kier alpha value is -1.88. The lowest BCUT2D eigenvalue weighted by Gasteiger charge is -2.12. The molecule has 0 bridgehead atoms. The fraction of sp³-hybridized carbons (Fsp3) is 0.400. The molecule has 1 fully saturated rings. The van der Waals surface area contributed by atoms with Gasteiger partial charge in [0, 0.05) is 18.1 Å². The summed E-state index contributed by atoms with van der Waals surface area (Å²) < 4.78 is 1.54. The molecule has 1 saturated carbocycles. The molecule has 0 unspecified atom stereocenters. The zero-order valence-corrected chi connectivity index (χ0v) is 12.5. The number of aryl methyl sites for hydroxylation is 1. The van der Waals surface area contributed by atoms with E-state index in [4.69, 9.17) is 11.6 Å². The van der Waals surface area contributed by atoms with Crippen molar-refractivity contribution in [1.29, 1.82) is 0 Å². The van der Waals surface area contributed by atoms with Crippen LogP contribution in [0.1, 0.15) is 36.2 Å². The molecule has 1 aromatic heterocycles. The first-order valence-electron chi connectivity index (χ1n) is 7.03. The molecule has 0 saturated heterocycles. The zero-order chi connectivity index (χ0) is 15.0. The number of carbonyl (C=O) groups excluding carboxylic acids is 1. The van der Waals surface area contributed by atoms with Gasteiger partial charge in [0.05, 0.1) is 10.9 Å². The van der Waals surface area contributed by atoms with Gasteiger partial charge in [-0.25, -0.2) is 0 Å². The van der Waals surface area contributed by atoms with E-state index in [0.29, 0.717) is 15.9 Å². The second kappa shape index (κ2) is 5.48. The number of rotatable bonds is 2. The highest BCUT2D eigenvalue weighted by Crippen LogP contribution is 2.18. The fourth-order valence-corrected chi connectivity index (χ4v) is 2.99. The lowest BCUT2D eigenvalue weighted by molar-refractivity contribution is 0.0930. The first-order chi connectivity index (χ1) is 10.1. The molecule has 0 radical (unpaired) electrons. The smallest absolute Gasteiger partial charge is 0.276 e. The van der Waals surface area contributed by atoms with Crippen LogP contribution in [0.4, 0.5) is 0 Å². The highest BCUT2D eigenvalue weighted by Gasteiger charge is 2.22. The summed E-state index contributed by atoms with van der Waals surface area (Å²) in [6.45, 7) is 0. The van der Waals surface area contributed by atoms with Gasteiger partial charge in [-0.3, -0.25) is 14.3 Å². The normalized spacial score (nSPS) is 15.5. The molecule has 1 aliphatic carbocycles. The number of hydrogen-bond donors (Lipinski definition) is 1. The van der Waals surface area contributed by atoms with Gasteiger partial charge in [0.15, 0.2) is 5.69 Å². The molecule has 21 heavy (non-hydrogen) atoms. The number of fused-ring (bicyclic) bond motifs is 1. The second-order valence-corrected chi connectivity index (χ2v) is 5.85. The Morgan fingerprint density at radius 3 is 2.81 bits per heavy atom. The number of nitrogens with zero attached hydrogens (tertiary/aromatic N) is 2. The summed E-state index contributed by atoms with van der Waals surface area (Å²) in [4.78, 5) is 24.7. The third kappa shape index (κ3) is 2.65. The van der Waals surface area contributed by atoms with E-state index in [2.05, 4.69) is 10.4 Å². The van der Waals surface area contributed by atoms with E-state index in [9.17, 15) is 9.59 Å². The molecule has 6 heteroatoms. The van der Waals surface area contributed by atoms with E-state index in [1.54, 1.807) is 25.2 Å². The van der Waals surface area contributed by atoms with Crippen molar-refractivity contribution in [2.24, 2.45) is 7.05 Å². The van der Waals surface area contributed by atoms with Gasteiger partial charge in [0.2, 0.25) is 5.43 Å². The molecular formula is C15H16ClN3O2. The topological polar surface area (TPSA) is 64.0 Å². The van der Waals surface area contributed by atoms with Crippen molar-refractivity contribution in [2.45, 2.75) is 31.7 Å². The van der Waals surface area contributed by atoms with Crippen LogP contribution >= 0.6 is 11.6 Å². The Kier molecular flexibility index (Phi) is 3.68. The molecule has 0 aliphatic heterocycles. The van der Waals surface area contributed by atoms with Gasteiger partial charge < -0.3 is 5.32 Å². The van der Waals surface area contributed by atoms with Gasteiger partial charge in [-0.05, 0) is 31.0 Å². The third-order valence-electron chi connectivity index (χ3n) is 3.92. The van der Waals surface area contributed by atoms with Crippen molar-refractivity contribution < 1.29 is 4.79 Å². The summed E-state index contributed by atoms with van der Waals surface area (Å²) in [6, 6.07) is 5.15. The maximum atomic E-state index is 12.5. The molecule has 2 aromatic rings. The molecular weight excluding hydrogens is 290 g/mol. The number of aromatic nitrogens is 2. The summed E-state index contributed by atoms with van der Waals surface area (Å²) in [5, 5.41) is 7.90. The molecule has 1 amide bonds. The van der Waals surface area contributed by atoms with Crippen molar-refractivity contribution in [3.8, 4) is 0 Å². The van der Waals surface area contributed by atoms with E-state index < -0.39 is 5.91 Å². The van der Waals surface area contributed by atoms with Crippen LogP contribution in [-0.4, -0.2) is 21.7 Å². The molecule has 5 nitrogen and oxygen atoms in total. The molecule has 0 atom stereocenters. The summed E-state index contributed by atoms with van der Waals surface area (Å²) >= 11 is 5.94. The third-order valence-corrected chi connectivity index (χ3v) is 4.16. The van der Waals surface area contributed by atoms with Crippen LogP contribution in [0, 0.1) is 0 Å². The summed E-state index contributed by atoms with van der Waals surface area (Å²) in [5.41, 5.74) is 0.210. The number of nitrogens with one attached hydrogen (secondary N) is 1. The van der Waals surface area contributed by atoms with Gasteiger partial charge in [0.1, 0.15) is 0 Å². The SMILES string of the molecule is Cn1nc(C(=O)NC2CCCC2)c(=O)c2cc(Cl)ccc21. The summed E-state index contributed by atoms with van der Waals surface area (Å²) in [6.07, 6.45) is 4.16. The Balaban J connectivity index is 2.04. The van der Waals surface area contributed by atoms with Crippen LogP contribution in [0.25, 0.3) is 10.9 Å². The zero-order valence-electron chi connectivity index (χ0n) is 11.7. The quantitative estimate of drug-likeness (QED) is 0.925. The van der Waals surface area contributed by atoms with E-state index in [-0.39, 0.29) is 17.2 Å². The number of amides is 1. The molecule has 3 rings (SSSR count). The molecule has 0 spiro atoms. The van der Waals surface area contributed by atoms with Crippen LogP contribution in [0.3, 0.4) is 0 Å². The van der Waals surface area contributed by atoms with Gasteiger partial charge in [-0.15, -0.1) is 0 Å². The van der Waals surface area contributed by atoms with Gasteiger partial charge in [-0.2, -0.15) is 5.10 Å². The predicted molar refractivity (Wildman–Crippen MR) is 81.7 cm³/mol. The summed E-state index contributed by atoms with van der Waals surface area (Å²) in [7, 11) is 1.71. The molecule has 1 aliphatic rings. The van der Waals surface area contributed by atoms with Crippen LogP contribution in [-0.2, 0) is 7.05 Å². The maximum absolute atomic E-state index is 12.5. The highest BCUT2D eigenvalue weighted by molar-refractivity contribution is 6.31. The molecule has 110 valence electrons. The van der Waals surface area contributed by atoms with E-state index in [0.717, 1.165) is 25.7 Å². The fourth-order valence-electron chi connectivity index (χ4n) is 2.82. The maximum Gasteiger partial charge on any atom is 0.276 e. The standard InChI is InChI=1S/C15H16ClN3O2/c1-19-12-7-6-9(16)8-11(12)14(20)13(18-19)15(21)17-10-4-2-3-5-10/h6-8,10H,2-5H2,1H3,(H,17,21). The monoisotopic (exact) mass is 305 g/mol. The summed E-state index contributed by atoms with van der Waals surface area (Å²) in [5.74, 6) is -0.399. The Labute approximate surface area is 126 Å². The van der Waals surface area contributed by atoms with E-state index >= 15 is 0 Å². The average Bonchev–Trinajstić information content (AvgIpc) is 2.95. The lowest BCUT2D eigenvalue weighted by atomic mass is 10.2. The van der Waals surface area contributed by atoms with E-state index in [1.807, 2.05) is 0 Å². The van der Waals surface area contributed by atoms with Crippen LogP contribution < -0.4 is 10.7 Å². The largest absolute Gasteiger partial charge is 0.348 e. The van der Waals surface area contributed by atoms with Crippen LogP contribution in [0.15, 0.2) is 23.0 Å². The Morgan fingerprint density at radius 1 is 1.38 bits per heavy atom. The first kappa shape index (κ1) is 14.1. The van der Waals surface area contributed by atoms with Gasteiger partial charge in [0.25, 0.3) is 5.91 Å². The minimum Gasteiger partial charge on any atom is -0.348 e. The lowest BCUT2D eigenvalue weighted by Crippen LogP contribution is -2.37. The van der Waals surface area contributed by atoms with Crippen molar-refractivity contribution >= 4 is 28.4 Å². The van der Waals surface area contributed by atoms with Crippen molar-refractivity contribution in [3.05, 3.63) is 39.1 Å². The van der Waals surface area contributed by atoms with Crippen molar-refractivity contribution in [3.63, 3.8) is 0 Å². The minimum absolute atomic E-state index is 0.0702. The number of carbonyl (C=O) groups is 1. The number of benzene rings is 1. The Morgan fingerprint density at radius 2 is 2.10 bits per heavy atom. The second-order valence-electron chi connectivity index (χ2n) is 5.42. The first-order valence-corrected chi connectivity index (χ1v) is 7.41. The van der Waals surface area contributed by atoms with Gasteiger partial charge in [-0.1, -0.05) is 24.4 Å². The van der Waals surface area contributed by atoms with Gasteiger partial charge >= 0.3 is 0 Å². The van der Waals surface area contributed by atoms with Crippen LogP contribution in [0.5, 0.6) is 0 Å². The van der Waals surface area contributed by atoms with Crippen molar-refractivity contribution in [1.82, 2.24) is 15.1 Å². The number of halogens is 1. The molecule has 1 N–H and O–H groups in total. The molecule has 1 aromatic carbocycles. The van der Waals surface area contributed by atoms with Crippen LogP contribution in [0.2, 0.25) is 5.02 Å². The Bertz CT molecular complexity index is 763. The molecule has 1 heterocycles.